The molecule has 1 unspecified atom stereocenters. The summed E-state index contributed by atoms with van der Waals surface area (Å²) in [4.78, 5) is 18.4. The lowest BCUT2D eigenvalue weighted by Gasteiger charge is -2.33. The van der Waals surface area contributed by atoms with Crippen LogP contribution in [0.1, 0.15) is 36.3 Å². The number of carbonyl (C=O) groups is 1. The van der Waals surface area contributed by atoms with E-state index in [2.05, 4.69) is 4.98 Å². The van der Waals surface area contributed by atoms with Crippen molar-refractivity contribution in [2.24, 2.45) is 0 Å². The molecule has 1 aliphatic heterocycles. The maximum Gasteiger partial charge on any atom is 0.254 e. The molecule has 1 aliphatic rings. The molecule has 1 aromatic rings. The number of carbonyl (C=O) groups excluding carboxylic acids is 1. The fourth-order valence-corrected chi connectivity index (χ4v) is 4.14. The Morgan fingerprint density at radius 3 is 2.81 bits per heavy atom. The molecule has 1 amide bonds. The van der Waals surface area contributed by atoms with Crippen LogP contribution in [0.25, 0.3) is 0 Å². The highest BCUT2D eigenvalue weighted by atomic mass is 32.2. The second-order valence-electron chi connectivity index (χ2n) is 5.48. The number of sulfone groups is 1. The third-order valence-electron chi connectivity index (χ3n) is 3.58. The van der Waals surface area contributed by atoms with Crippen molar-refractivity contribution >= 4 is 21.6 Å². The van der Waals surface area contributed by atoms with Gasteiger partial charge in [-0.1, -0.05) is 13.3 Å². The Morgan fingerprint density at radius 2 is 2.19 bits per heavy atom. The topological polar surface area (TPSA) is 93.4 Å². The van der Waals surface area contributed by atoms with Crippen LogP contribution < -0.4 is 5.73 Å². The number of aromatic nitrogens is 1. The summed E-state index contributed by atoms with van der Waals surface area (Å²) in [6, 6.07) is 2.98. The molecule has 1 fully saturated rings. The third kappa shape index (κ3) is 3.72. The molecular formula is C14H21N3O3S. The summed E-state index contributed by atoms with van der Waals surface area (Å²) >= 11 is 0. The standard InChI is InChI=1S/C14H21N3O3S/c1-3-4-12-7-11(8-13(15)16-12)14(18)17-5-6-21(19,20)9-10(17)2/h7-8,10H,3-6,9H2,1-2H3,(H2,15,16). The highest BCUT2D eigenvalue weighted by Crippen LogP contribution is 2.17. The van der Waals surface area contributed by atoms with Gasteiger partial charge in [0.05, 0.1) is 11.5 Å². The summed E-state index contributed by atoms with van der Waals surface area (Å²) in [5.41, 5.74) is 7.03. The molecule has 21 heavy (non-hydrogen) atoms. The van der Waals surface area contributed by atoms with Crippen LogP contribution in [0.2, 0.25) is 0 Å². The van der Waals surface area contributed by atoms with Crippen LogP contribution in [0.4, 0.5) is 5.82 Å². The summed E-state index contributed by atoms with van der Waals surface area (Å²) in [6.07, 6.45) is 1.68. The highest BCUT2D eigenvalue weighted by molar-refractivity contribution is 7.91. The van der Waals surface area contributed by atoms with Gasteiger partial charge >= 0.3 is 0 Å². The lowest BCUT2D eigenvalue weighted by molar-refractivity contribution is 0.0712. The van der Waals surface area contributed by atoms with Crippen LogP contribution >= 0.6 is 0 Å². The molecule has 7 heteroatoms. The maximum absolute atomic E-state index is 12.6. The molecule has 2 heterocycles. The molecule has 0 aliphatic carbocycles. The zero-order chi connectivity index (χ0) is 15.6. The Morgan fingerprint density at radius 1 is 1.48 bits per heavy atom. The fraction of sp³-hybridized carbons (Fsp3) is 0.571. The molecule has 0 spiro atoms. The minimum Gasteiger partial charge on any atom is -0.384 e. The smallest absolute Gasteiger partial charge is 0.254 e. The van der Waals surface area contributed by atoms with Gasteiger partial charge < -0.3 is 10.6 Å². The molecule has 116 valence electrons. The molecule has 1 atom stereocenters. The number of hydrogen-bond donors (Lipinski definition) is 1. The first-order chi connectivity index (χ1) is 9.82. The lowest BCUT2D eigenvalue weighted by Crippen LogP contribution is -2.49. The van der Waals surface area contributed by atoms with E-state index >= 15 is 0 Å². The number of nitrogens with two attached hydrogens (primary N) is 1. The monoisotopic (exact) mass is 311 g/mol. The number of nitrogens with zero attached hydrogens (tertiary/aromatic N) is 2. The summed E-state index contributed by atoms with van der Waals surface area (Å²) in [7, 11) is -3.04. The number of hydrogen-bond acceptors (Lipinski definition) is 5. The van der Waals surface area contributed by atoms with Gasteiger partial charge in [-0.3, -0.25) is 4.79 Å². The molecule has 2 rings (SSSR count). The lowest BCUT2D eigenvalue weighted by atomic mass is 10.1. The van der Waals surface area contributed by atoms with E-state index in [9.17, 15) is 13.2 Å². The van der Waals surface area contributed by atoms with Crippen LogP contribution in [-0.4, -0.2) is 48.3 Å². The van der Waals surface area contributed by atoms with E-state index in [0.717, 1.165) is 18.5 Å². The summed E-state index contributed by atoms with van der Waals surface area (Å²) in [6.45, 7) is 4.02. The van der Waals surface area contributed by atoms with E-state index in [1.54, 1.807) is 24.0 Å². The number of nitrogen functional groups attached to an aromatic ring is 1. The number of aryl methyl sites for hydroxylation is 1. The molecule has 2 N–H and O–H groups in total. The van der Waals surface area contributed by atoms with Crippen molar-refractivity contribution in [3.63, 3.8) is 0 Å². The van der Waals surface area contributed by atoms with Crippen molar-refractivity contribution in [2.45, 2.75) is 32.7 Å². The Kier molecular flexibility index (Phi) is 4.51. The molecular weight excluding hydrogens is 290 g/mol. The van der Waals surface area contributed by atoms with E-state index in [1.807, 2.05) is 6.92 Å². The van der Waals surface area contributed by atoms with Crippen LogP contribution in [0, 0.1) is 0 Å². The van der Waals surface area contributed by atoms with Crippen LogP contribution in [0.15, 0.2) is 12.1 Å². The molecule has 6 nitrogen and oxygen atoms in total. The zero-order valence-corrected chi connectivity index (χ0v) is 13.2. The molecule has 0 bridgehead atoms. The molecule has 0 aromatic carbocycles. The molecule has 1 saturated heterocycles. The van der Waals surface area contributed by atoms with Gasteiger partial charge in [-0.05, 0) is 25.5 Å². The van der Waals surface area contributed by atoms with Gasteiger partial charge in [0.2, 0.25) is 0 Å². The summed E-state index contributed by atoms with van der Waals surface area (Å²) < 4.78 is 23.2. The predicted molar refractivity (Wildman–Crippen MR) is 81.8 cm³/mol. The number of anilines is 1. The van der Waals surface area contributed by atoms with Crippen LogP contribution in [0.3, 0.4) is 0 Å². The van der Waals surface area contributed by atoms with Gasteiger partial charge in [0.1, 0.15) is 5.82 Å². The number of amides is 1. The van der Waals surface area contributed by atoms with E-state index in [-0.39, 0.29) is 30.0 Å². The average Bonchev–Trinajstić information content (AvgIpc) is 2.36. The normalized spacial score (nSPS) is 21.2. The van der Waals surface area contributed by atoms with Crippen molar-refractivity contribution < 1.29 is 13.2 Å². The summed E-state index contributed by atoms with van der Waals surface area (Å²) in [5.74, 6) is 0.178. The minimum atomic E-state index is -3.04. The average molecular weight is 311 g/mol. The number of pyridine rings is 1. The minimum absolute atomic E-state index is 0.0150. The Hall–Kier alpha value is -1.63. The van der Waals surface area contributed by atoms with Crippen molar-refractivity contribution in [3.05, 3.63) is 23.4 Å². The SMILES string of the molecule is CCCc1cc(C(=O)N2CCS(=O)(=O)CC2C)cc(N)n1. The quantitative estimate of drug-likeness (QED) is 0.894. The van der Waals surface area contributed by atoms with Crippen molar-refractivity contribution in [2.75, 3.05) is 23.8 Å². The van der Waals surface area contributed by atoms with Gasteiger partial charge in [0, 0.05) is 23.8 Å². The van der Waals surface area contributed by atoms with Crippen molar-refractivity contribution in [3.8, 4) is 0 Å². The highest BCUT2D eigenvalue weighted by Gasteiger charge is 2.31. The zero-order valence-electron chi connectivity index (χ0n) is 12.4. The van der Waals surface area contributed by atoms with Gasteiger partial charge in [0.25, 0.3) is 5.91 Å². The second kappa shape index (κ2) is 6.01. The Bertz CT molecular complexity index is 643. The van der Waals surface area contributed by atoms with Crippen molar-refractivity contribution in [1.29, 1.82) is 0 Å². The van der Waals surface area contributed by atoms with E-state index in [1.165, 1.54) is 0 Å². The first-order valence-electron chi connectivity index (χ1n) is 7.10. The van der Waals surface area contributed by atoms with Gasteiger partial charge in [0.15, 0.2) is 9.84 Å². The molecule has 1 aromatic heterocycles. The fourth-order valence-electron chi connectivity index (χ4n) is 2.58. The van der Waals surface area contributed by atoms with Gasteiger partial charge in [-0.15, -0.1) is 0 Å². The van der Waals surface area contributed by atoms with Crippen molar-refractivity contribution in [1.82, 2.24) is 9.88 Å². The summed E-state index contributed by atoms with van der Waals surface area (Å²) in [5, 5.41) is 0. The molecule has 0 saturated carbocycles. The first-order valence-corrected chi connectivity index (χ1v) is 8.92. The Labute approximate surface area is 125 Å². The Balaban J connectivity index is 2.24. The third-order valence-corrected chi connectivity index (χ3v) is 5.38. The maximum atomic E-state index is 12.6. The first kappa shape index (κ1) is 15.8. The number of rotatable bonds is 3. The second-order valence-corrected chi connectivity index (χ2v) is 7.71. The predicted octanol–water partition coefficient (Wildman–Crippen LogP) is 0.875. The largest absolute Gasteiger partial charge is 0.384 e. The van der Waals surface area contributed by atoms with Crippen LogP contribution in [0.5, 0.6) is 0 Å². The molecule has 0 radical (unpaired) electrons. The van der Waals surface area contributed by atoms with E-state index < -0.39 is 9.84 Å². The van der Waals surface area contributed by atoms with Gasteiger partial charge in [-0.2, -0.15) is 0 Å². The van der Waals surface area contributed by atoms with E-state index in [4.69, 9.17) is 5.73 Å². The van der Waals surface area contributed by atoms with Gasteiger partial charge in [-0.25, -0.2) is 13.4 Å². The van der Waals surface area contributed by atoms with Crippen LogP contribution in [-0.2, 0) is 16.3 Å². The van der Waals surface area contributed by atoms with E-state index in [0.29, 0.717) is 11.4 Å².